The van der Waals surface area contributed by atoms with E-state index in [-0.39, 0.29) is 16.7 Å². The number of benzene rings is 3. The Morgan fingerprint density at radius 2 is 1.41 bits per heavy atom. The van der Waals surface area contributed by atoms with Gasteiger partial charge in [0.05, 0.1) is 6.21 Å². The number of rotatable bonds is 5. The second-order valence-corrected chi connectivity index (χ2v) is 11.6. The lowest BCUT2D eigenvalue weighted by Crippen LogP contribution is -2.38. The van der Waals surface area contributed by atoms with E-state index in [0.29, 0.717) is 17.9 Å². The van der Waals surface area contributed by atoms with E-state index < -0.39 is 5.54 Å². The second-order valence-electron chi connectivity index (χ2n) is 11.6. The van der Waals surface area contributed by atoms with Crippen LogP contribution in [-0.2, 0) is 21.2 Å². The monoisotopic (exact) mass is 496 g/mol. The van der Waals surface area contributed by atoms with Crippen molar-refractivity contribution < 1.29 is 9.90 Å². The minimum atomic E-state index is -0.626. The zero-order valence-corrected chi connectivity index (χ0v) is 22.5. The van der Waals surface area contributed by atoms with Gasteiger partial charge in [0.25, 0.3) is 5.91 Å². The Morgan fingerprint density at radius 1 is 0.919 bits per heavy atom. The maximum absolute atomic E-state index is 13.1. The molecule has 0 fully saturated rings. The molecule has 0 bridgehead atoms. The second kappa shape index (κ2) is 9.85. The zero-order chi connectivity index (χ0) is 26.8. The largest absolute Gasteiger partial charge is 0.507 e. The Labute approximate surface area is 219 Å². The Hall–Kier alpha value is -3.93. The molecule has 3 aromatic rings. The number of hydrazone groups is 2. The van der Waals surface area contributed by atoms with Crippen LogP contribution in [0.15, 0.2) is 83.0 Å². The van der Waals surface area contributed by atoms with Crippen molar-refractivity contribution in [1.82, 2.24) is 10.9 Å². The maximum Gasteiger partial charge on any atom is 0.287 e. The van der Waals surface area contributed by atoms with Crippen molar-refractivity contribution in [3.05, 3.63) is 101 Å². The van der Waals surface area contributed by atoms with Gasteiger partial charge >= 0.3 is 0 Å². The highest BCUT2D eigenvalue weighted by atomic mass is 16.3. The number of carbonyl (C=O) groups is 1. The summed E-state index contributed by atoms with van der Waals surface area (Å²) in [4.78, 5) is 13.1. The molecule has 6 nitrogen and oxygen atoms in total. The Kier molecular flexibility index (Phi) is 6.96. The summed E-state index contributed by atoms with van der Waals surface area (Å²) in [5, 5.41) is 19.6. The predicted octanol–water partition coefficient (Wildman–Crippen LogP) is 5.73. The van der Waals surface area contributed by atoms with E-state index in [2.05, 4.69) is 62.6 Å². The van der Waals surface area contributed by atoms with Gasteiger partial charge in [-0.1, -0.05) is 102 Å². The first-order chi connectivity index (χ1) is 17.4. The molecule has 192 valence electrons. The van der Waals surface area contributed by atoms with Crippen LogP contribution in [0.1, 0.15) is 75.8 Å². The molecule has 0 spiro atoms. The number of phenolic OH excluding ortho intramolecular Hbond substituents is 1. The van der Waals surface area contributed by atoms with Crippen LogP contribution in [0.4, 0.5) is 0 Å². The van der Waals surface area contributed by atoms with Crippen LogP contribution in [0.25, 0.3) is 0 Å². The number of aromatic hydroxyl groups is 1. The lowest BCUT2D eigenvalue weighted by atomic mass is 9.78. The lowest BCUT2D eigenvalue weighted by molar-refractivity contribution is -0.114. The van der Waals surface area contributed by atoms with Gasteiger partial charge in [0.2, 0.25) is 0 Å². The molecule has 0 saturated heterocycles. The number of hydrogen-bond donors (Lipinski definition) is 3. The quantitative estimate of drug-likeness (QED) is 0.311. The highest BCUT2D eigenvalue weighted by molar-refractivity contribution is 6.39. The highest BCUT2D eigenvalue weighted by Crippen LogP contribution is 2.40. The van der Waals surface area contributed by atoms with Gasteiger partial charge in [0.15, 0.2) is 0 Å². The number of nitrogens with one attached hydrogen (secondary N) is 2. The van der Waals surface area contributed by atoms with Crippen molar-refractivity contribution in [2.24, 2.45) is 10.2 Å². The van der Waals surface area contributed by atoms with Crippen molar-refractivity contribution in [2.45, 2.75) is 64.3 Å². The summed E-state index contributed by atoms with van der Waals surface area (Å²) in [5.74, 6) is -0.0471. The van der Waals surface area contributed by atoms with E-state index >= 15 is 0 Å². The molecule has 1 aliphatic heterocycles. The average molecular weight is 497 g/mol. The van der Waals surface area contributed by atoms with Crippen LogP contribution in [0.5, 0.6) is 5.75 Å². The van der Waals surface area contributed by atoms with E-state index in [1.165, 1.54) is 0 Å². The summed E-state index contributed by atoms with van der Waals surface area (Å²) in [5.41, 5.74) is 9.69. The number of phenols is 1. The van der Waals surface area contributed by atoms with Crippen molar-refractivity contribution in [2.75, 3.05) is 0 Å². The number of nitrogens with zero attached hydrogens (tertiary/aromatic N) is 2. The third-order valence-corrected chi connectivity index (χ3v) is 6.74. The first kappa shape index (κ1) is 26.1. The van der Waals surface area contributed by atoms with Gasteiger partial charge in [-0.25, -0.2) is 5.43 Å². The van der Waals surface area contributed by atoms with Crippen molar-refractivity contribution in [3.63, 3.8) is 0 Å². The van der Waals surface area contributed by atoms with Crippen LogP contribution < -0.4 is 10.9 Å². The molecular formula is C31H36N4O2. The van der Waals surface area contributed by atoms with E-state index in [0.717, 1.165) is 27.8 Å². The molecule has 0 aromatic heterocycles. The maximum atomic E-state index is 13.1. The summed E-state index contributed by atoms with van der Waals surface area (Å²) >= 11 is 0. The van der Waals surface area contributed by atoms with Gasteiger partial charge in [-0.2, -0.15) is 10.2 Å². The fourth-order valence-corrected chi connectivity index (χ4v) is 4.67. The smallest absolute Gasteiger partial charge is 0.287 e. The van der Waals surface area contributed by atoms with Gasteiger partial charge < -0.3 is 5.11 Å². The fourth-order valence-electron chi connectivity index (χ4n) is 4.67. The van der Waals surface area contributed by atoms with E-state index in [1.54, 1.807) is 6.21 Å². The molecule has 1 aliphatic rings. The molecule has 0 aliphatic carbocycles. The van der Waals surface area contributed by atoms with Crippen molar-refractivity contribution >= 4 is 17.8 Å². The van der Waals surface area contributed by atoms with Gasteiger partial charge in [-0.3, -0.25) is 10.2 Å². The molecule has 0 unspecified atom stereocenters. The summed E-state index contributed by atoms with van der Waals surface area (Å²) in [6.45, 7) is 12.4. The molecule has 1 amide bonds. The summed E-state index contributed by atoms with van der Waals surface area (Å²) in [6.07, 6.45) is 2.01. The van der Waals surface area contributed by atoms with Gasteiger partial charge in [0, 0.05) is 17.5 Å². The first-order valence-electron chi connectivity index (χ1n) is 12.6. The Morgan fingerprint density at radius 3 is 1.86 bits per heavy atom. The van der Waals surface area contributed by atoms with Gasteiger partial charge in [0.1, 0.15) is 17.0 Å². The third-order valence-electron chi connectivity index (χ3n) is 6.74. The van der Waals surface area contributed by atoms with Gasteiger partial charge in [-0.05, 0) is 39.7 Å². The van der Waals surface area contributed by atoms with Crippen LogP contribution in [0.2, 0.25) is 0 Å². The molecular weight excluding hydrogens is 460 g/mol. The van der Waals surface area contributed by atoms with Crippen LogP contribution in [-0.4, -0.2) is 22.9 Å². The van der Waals surface area contributed by atoms with Gasteiger partial charge in [-0.15, -0.1) is 0 Å². The van der Waals surface area contributed by atoms with Crippen molar-refractivity contribution in [3.8, 4) is 5.75 Å². The minimum absolute atomic E-state index is 0.250. The number of hydrogen-bond acceptors (Lipinski definition) is 5. The van der Waals surface area contributed by atoms with E-state index in [9.17, 15) is 9.90 Å². The molecule has 0 atom stereocenters. The fraction of sp³-hybridized carbons (Fsp3) is 0.323. The Bertz CT molecular complexity index is 1260. The number of carbonyl (C=O) groups excluding carboxylic acids is 1. The van der Waals surface area contributed by atoms with Crippen LogP contribution in [0.3, 0.4) is 0 Å². The molecule has 1 heterocycles. The average Bonchev–Trinajstić information content (AvgIpc) is 3.31. The molecule has 37 heavy (non-hydrogen) atoms. The van der Waals surface area contributed by atoms with Crippen LogP contribution >= 0.6 is 0 Å². The lowest BCUT2D eigenvalue weighted by Gasteiger charge is -2.30. The predicted molar refractivity (Wildman–Crippen MR) is 150 cm³/mol. The topological polar surface area (TPSA) is 86.1 Å². The SMILES string of the molecule is CC(C)(C)c1cc(C=NNC(=O)C2=NNC(c3ccccc3)(c3ccccc3)C2)cc(C(C)(C)C)c1O. The van der Waals surface area contributed by atoms with E-state index in [4.69, 9.17) is 0 Å². The van der Waals surface area contributed by atoms with Crippen LogP contribution in [0, 0.1) is 0 Å². The standard InChI is InChI=1S/C31H36N4O2/c1-29(2,3)24-17-21(18-25(27(24)36)30(4,5)6)20-32-34-28(37)26-19-31(35-33-26,22-13-9-7-10-14-22)23-15-11-8-12-16-23/h7-18,20,35-36H,19H2,1-6H3,(H,34,37). The zero-order valence-electron chi connectivity index (χ0n) is 22.5. The summed E-state index contributed by atoms with van der Waals surface area (Å²) < 4.78 is 0. The molecule has 4 rings (SSSR count). The molecule has 6 heteroatoms. The first-order valence-corrected chi connectivity index (χ1v) is 12.6. The van der Waals surface area contributed by atoms with E-state index in [1.807, 2.05) is 72.8 Å². The Balaban J connectivity index is 1.56. The molecule has 0 saturated carbocycles. The summed E-state index contributed by atoms with van der Waals surface area (Å²) in [6, 6.07) is 23.9. The highest BCUT2D eigenvalue weighted by Gasteiger charge is 2.41. The minimum Gasteiger partial charge on any atom is -0.507 e. The number of amides is 1. The summed E-state index contributed by atoms with van der Waals surface area (Å²) in [7, 11) is 0. The normalized spacial score (nSPS) is 15.4. The molecule has 3 N–H and O–H groups in total. The third kappa shape index (κ3) is 5.43. The molecule has 0 radical (unpaired) electrons. The van der Waals surface area contributed by atoms with Crippen molar-refractivity contribution in [1.29, 1.82) is 0 Å². The molecule has 3 aromatic carbocycles.